The van der Waals surface area contributed by atoms with Crippen LogP contribution in [0.5, 0.6) is 0 Å². The summed E-state index contributed by atoms with van der Waals surface area (Å²) in [5.74, 6) is -0.202. The van der Waals surface area contributed by atoms with Gasteiger partial charge >= 0.3 is 0 Å². The van der Waals surface area contributed by atoms with E-state index in [-0.39, 0.29) is 18.1 Å². The van der Waals surface area contributed by atoms with Gasteiger partial charge in [-0.1, -0.05) is 0 Å². The van der Waals surface area contributed by atoms with E-state index in [0.717, 1.165) is 12.8 Å². The highest BCUT2D eigenvalue weighted by Gasteiger charge is 2.43. The second-order valence-corrected chi connectivity index (χ2v) is 3.52. The third kappa shape index (κ3) is 1.72. The molecule has 1 aromatic heterocycles. The molecule has 1 aliphatic rings. The summed E-state index contributed by atoms with van der Waals surface area (Å²) >= 11 is 0. The van der Waals surface area contributed by atoms with Crippen molar-refractivity contribution in [2.24, 2.45) is 0 Å². The second kappa shape index (κ2) is 3.34. The topological polar surface area (TPSA) is 75.1 Å². The van der Waals surface area contributed by atoms with E-state index in [9.17, 15) is 4.79 Å². The maximum atomic E-state index is 11.6. The van der Waals surface area contributed by atoms with Crippen LogP contribution in [0, 0.1) is 0 Å². The van der Waals surface area contributed by atoms with E-state index in [1.807, 2.05) is 0 Å². The van der Waals surface area contributed by atoms with Crippen LogP contribution in [0.2, 0.25) is 0 Å². The summed E-state index contributed by atoms with van der Waals surface area (Å²) in [6, 6.07) is 1.59. The number of hydrogen-bond donors (Lipinski definition) is 2. The van der Waals surface area contributed by atoms with Crippen LogP contribution in [0.3, 0.4) is 0 Å². The van der Waals surface area contributed by atoms with Crippen LogP contribution in [0.15, 0.2) is 18.5 Å². The summed E-state index contributed by atoms with van der Waals surface area (Å²) < 4.78 is 0. The number of aromatic nitrogens is 2. The number of carbonyl (C=O) groups is 1. The van der Waals surface area contributed by atoms with Crippen molar-refractivity contribution < 1.29 is 9.90 Å². The lowest BCUT2D eigenvalue weighted by Gasteiger charge is -2.13. The molecule has 1 fully saturated rings. The van der Waals surface area contributed by atoms with E-state index in [1.54, 1.807) is 6.07 Å². The molecule has 0 saturated heterocycles. The van der Waals surface area contributed by atoms with E-state index >= 15 is 0 Å². The number of aliphatic hydroxyl groups excluding tert-OH is 1. The third-order valence-electron chi connectivity index (χ3n) is 2.38. The van der Waals surface area contributed by atoms with Crippen molar-refractivity contribution in [1.29, 1.82) is 0 Å². The van der Waals surface area contributed by atoms with E-state index in [2.05, 4.69) is 15.5 Å². The molecule has 1 amide bonds. The average molecular weight is 193 g/mol. The molecule has 74 valence electrons. The summed E-state index contributed by atoms with van der Waals surface area (Å²) in [5.41, 5.74) is 0.0973. The zero-order chi connectivity index (χ0) is 10.0. The summed E-state index contributed by atoms with van der Waals surface area (Å²) in [6.45, 7) is -0.00273. The molecule has 1 saturated carbocycles. The van der Waals surface area contributed by atoms with Crippen LogP contribution >= 0.6 is 0 Å². The zero-order valence-electron chi connectivity index (χ0n) is 7.60. The van der Waals surface area contributed by atoms with Crippen molar-refractivity contribution in [2.75, 3.05) is 6.61 Å². The monoisotopic (exact) mass is 193 g/mol. The Kier molecular flexibility index (Phi) is 2.17. The van der Waals surface area contributed by atoms with Crippen LogP contribution in [0.4, 0.5) is 0 Å². The summed E-state index contributed by atoms with van der Waals surface area (Å²) in [5, 5.41) is 19.0. The lowest BCUT2D eigenvalue weighted by atomic mass is 10.2. The molecule has 0 spiro atoms. The molecule has 0 aromatic carbocycles. The normalized spacial score (nSPS) is 17.5. The predicted molar refractivity (Wildman–Crippen MR) is 48.5 cm³/mol. The Morgan fingerprint density at radius 1 is 1.57 bits per heavy atom. The number of hydrogen-bond acceptors (Lipinski definition) is 4. The van der Waals surface area contributed by atoms with Crippen LogP contribution in [0.25, 0.3) is 0 Å². The maximum Gasteiger partial charge on any atom is 0.253 e. The van der Waals surface area contributed by atoms with E-state index in [1.165, 1.54) is 12.4 Å². The number of amides is 1. The Morgan fingerprint density at radius 2 is 2.36 bits per heavy atom. The zero-order valence-corrected chi connectivity index (χ0v) is 7.60. The second-order valence-electron chi connectivity index (χ2n) is 3.52. The molecule has 0 radical (unpaired) electrons. The Morgan fingerprint density at radius 3 is 2.86 bits per heavy atom. The van der Waals surface area contributed by atoms with Crippen LogP contribution < -0.4 is 5.32 Å². The minimum absolute atomic E-state index is 0.00273. The molecule has 0 atom stereocenters. The van der Waals surface area contributed by atoms with Gasteiger partial charge < -0.3 is 10.4 Å². The lowest BCUT2D eigenvalue weighted by molar-refractivity contribution is 0.0906. The summed E-state index contributed by atoms with van der Waals surface area (Å²) in [6.07, 6.45) is 4.55. The summed E-state index contributed by atoms with van der Waals surface area (Å²) in [7, 11) is 0. The molecule has 2 rings (SSSR count). The molecule has 2 N–H and O–H groups in total. The van der Waals surface area contributed by atoms with Crippen molar-refractivity contribution in [2.45, 2.75) is 18.4 Å². The fourth-order valence-electron chi connectivity index (χ4n) is 1.21. The highest BCUT2D eigenvalue weighted by molar-refractivity contribution is 5.94. The SMILES string of the molecule is O=C(NC1(CO)CC1)c1ccnnc1. The van der Waals surface area contributed by atoms with E-state index in [0.29, 0.717) is 5.56 Å². The van der Waals surface area contributed by atoms with Gasteiger partial charge in [0.25, 0.3) is 5.91 Å². The molecule has 0 unspecified atom stereocenters. The van der Waals surface area contributed by atoms with Gasteiger partial charge in [-0.25, -0.2) is 0 Å². The molecule has 1 heterocycles. The van der Waals surface area contributed by atoms with Gasteiger partial charge in [-0.05, 0) is 18.9 Å². The van der Waals surface area contributed by atoms with Crippen molar-refractivity contribution >= 4 is 5.91 Å². The molecule has 0 aliphatic heterocycles. The van der Waals surface area contributed by atoms with Gasteiger partial charge in [-0.15, -0.1) is 0 Å². The van der Waals surface area contributed by atoms with Gasteiger partial charge in [-0.3, -0.25) is 4.79 Å². The van der Waals surface area contributed by atoms with Crippen molar-refractivity contribution in [1.82, 2.24) is 15.5 Å². The Labute approximate surface area is 81.2 Å². The third-order valence-corrected chi connectivity index (χ3v) is 2.38. The van der Waals surface area contributed by atoms with Crippen LogP contribution in [-0.2, 0) is 0 Å². The summed E-state index contributed by atoms with van der Waals surface area (Å²) in [4.78, 5) is 11.6. The Bertz CT molecular complexity index is 335. The van der Waals surface area contributed by atoms with Gasteiger partial charge in [0.15, 0.2) is 0 Å². The minimum atomic E-state index is -0.375. The number of nitrogens with zero attached hydrogens (tertiary/aromatic N) is 2. The first-order valence-corrected chi connectivity index (χ1v) is 4.46. The van der Waals surface area contributed by atoms with Gasteiger partial charge in [-0.2, -0.15) is 10.2 Å². The number of carbonyl (C=O) groups excluding carboxylic acids is 1. The first-order chi connectivity index (χ1) is 6.76. The molecule has 0 bridgehead atoms. The molecule has 5 nitrogen and oxygen atoms in total. The largest absolute Gasteiger partial charge is 0.394 e. The Hall–Kier alpha value is -1.49. The van der Waals surface area contributed by atoms with Gasteiger partial charge in [0.1, 0.15) is 0 Å². The van der Waals surface area contributed by atoms with Gasteiger partial charge in [0.2, 0.25) is 0 Å². The highest BCUT2D eigenvalue weighted by Crippen LogP contribution is 2.34. The smallest absolute Gasteiger partial charge is 0.253 e. The maximum absolute atomic E-state index is 11.6. The van der Waals surface area contributed by atoms with Crippen LogP contribution in [0.1, 0.15) is 23.2 Å². The molecule has 1 aliphatic carbocycles. The molecular formula is C9H11N3O2. The number of nitrogens with one attached hydrogen (secondary N) is 1. The number of rotatable bonds is 3. The first-order valence-electron chi connectivity index (χ1n) is 4.46. The average Bonchev–Trinajstić information content (AvgIpc) is 3.00. The van der Waals surface area contributed by atoms with Gasteiger partial charge in [0.05, 0.1) is 30.1 Å². The fourth-order valence-corrected chi connectivity index (χ4v) is 1.21. The van der Waals surface area contributed by atoms with Crippen molar-refractivity contribution in [3.05, 3.63) is 24.0 Å². The standard InChI is InChI=1S/C9H11N3O2/c13-6-9(2-3-9)12-8(14)7-1-4-10-11-5-7/h1,4-5,13H,2-3,6H2,(H,12,14). The molecule has 14 heavy (non-hydrogen) atoms. The highest BCUT2D eigenvalue weighted by atomic mass is 16.3. The predicted octanol–water partition coefficient (Wildman–Crippen LogP) is -0.269. The van der Waals surface area contributed by atoms with E-state index in [4.69, 9.17) is 5.11 Å². The molecular weight excluding hydrogens is 182 g/mol. The van der Waals surface area contributed by atoms with Gasteiger partial charge in [0, 0.05) is 0 Å². The quantitative estimate of drug-likeness (QED) is 0.693. The number of aliphatic hydroxyl groups is 1. The van der Waals surface area contributed by atoms with Crippen molar-refractivity contribution in [3.8, 4) is 0 Å². The van der Waals surface area contributed by atoms with Crippen LogP contribution in [-0.4, -0.2) is 33.4 Å². The lowest BCUT2D eigenvalue weighted by Crippen LogP contribution is -2.39. The fraction of sp³-hybridized carbons (Fsp3) is 0.444. The van der Waals surface area contributed by atoms with E-state index < -0.39 is 0 Å². The molecule has 1 aromatic rings. The Balaban J connectivity index is 2.03. The first kappa shape index (κ1) is 9.08. The minimum Gasteiger partial charge on any atom is -0.394 e. The molecule has 5 heteroatoms. The van der Waals surface area contributed by atoms with Crippen molar-refractivity contribution in [3.63, 3.8) is 0 Å².